The Labute approximate surface area is 303 Å². The smallest absolute Gasteiger partial charge is 0.164 e. The normalized spacial score (nSPS) is 11.8. The third-order valence-corrected chi connectivity index (χ3v) is 10.3. The first kappa shape index (κ1) is 29.5. The van der Waals surface area contributed by atoms with Crippen LogP contribution in [-0.4, -0.2) is 19.9 Å². The van der Waals surface area contributed by atoms with Gasteiger partial charge in [-0.05, 0) is 56.6 Å². The summed E-state index contributed by atoms with van der Waals surface area (Å²) >= 11 is 0. The Morgan fingerprint density at radius 1 is 0.321 bits per heavy atom. The van der Waals surface area contributed by atoms with Gasteiger partial charge in [0.1, 0.15) is 11.3 Å². The Morgan fingerprint density at radius 2 is 0.830 bits per heavy atom. The monoisotopic (exact) mass is 676 g/mol. The highest BCUT2D eigenvalue weighted by Crippen LogP contribution is 2.40. The van der Waals surface area contributed by atoms with Gasteiger partial charge in [0.15, 0.2) is 23.1 Å². The van der Waals surface area contributed by atoms with Gasteiger partial charge in [-0.2, -0.15) is 0 Å². The summed E-state index contributed by atoms with van der Waals surface area (Å²) < 4.78 is 6.53. The number of fused-ring (bicyclic) bond motifs is 11. The van der Waals surface area contributed by atoms with E-state index in [2.05, 4.69) is 109 Å². The fourth-order valence-corrected chi connectivity index (χ4v) is 7.83. The van der Waals surface area contributed by atoms with Crippen LogP contribution < -0.4 is 0 Å². The Morgan fingerprint density at radius 3 is 1.55 bits per heavy atom. The van der Waals surface area contributed by atoms with Gasteiger partial charge in [0.25, 0.3) is 0 Å². The van der Waals surface area contributed by atoms with Crippen molar-refractivity contribution in [3.05, 3.63) is 170 Å². The maximum Gasteiger partial charge on any atom is 0.164 e. The second-order valence-electron chi connectivity index (χ2n) is 13.4. The summed E-state index contributed by atoms with van der Waals surface area (Å²) in [6.07, 6.45) is 0. The minimum atomic E-state index is 0.584. The van der Waals surface area contributed by atoms with Gasteiger partial charge >= 0.3 is 0 Å². The van der Waals surface area contributed by atoms with Gasteiger partial charge in [0, 0.05) is 38.4 Å². The number of benzene rings is 8. The van der Waals surface area contributed by atoms with Crippen molar-refractivity contribution in [1.82, 2.24) is 19.9 Å². The Hall–Kier alpha value is -7.24. The SMILES string of the molecule is c1ccc(-c2nc(-c3cccc(-c4nc5ccccc5c5c4oc4ccccc45)c3)nc(-c3ccc4c5ccccc5c5ccccc5c4c3)n2)cc1. The molecule has 11 aromatic rings. The van der Waals surface area contributed by atoms with Crippen molar-refractivity contribution >= 4 is 65.2 Å². The van der Waals surface area contributed by atoms with Crippen molar-refractivity contribution in [3.63, 3.8) is 0 Å². The standard InChI is InChI=1S/C48H28N4O/c1-2-13-29(14-3-1)46-50-47(52-48(51-46)32-25-26-37-35-19-5-4-17-33(35)34-18-6-7-20-36(34)40(37)28-32)31-16-12-15-30(27-31)44-45-43(38-21-8-10-23-41(38)49-44)39-22-9-11-24-42(39)53-45/h1-28H. The number of hydrogen-bond acceptors (Lipinski definition) is 5. The van der Waals surface area contributed by atoms with E-state index >= 15 is 0 Å². The van der Waals surface area contributed by atoms with Crippen LogP contribution >= 0.6 is 0 Å². The van der Waals surface area contributed by atoms with E-state index in [9.17, 15) is 0 Å². The first-order valence-electron chi connectivity index (χ1n) is 17.7. The first-order chi connectivity index (χ1) is 26.3. The Bertz CT molecular complexity index is 3200. The number of furan rings is 1. The summed E-state index contributed by atoms with van der Waals surface area (Å²) in [5.74, 6) is 1.81. The lowest BCUT2D eigenvalue weighted by Crippen LogP contribution is -2.00. The minimum absolute atomic E-state index is 0.584. The molecule has 0 aliphatic rings. The number of rotatable bonds is 4. The number of nitrogens with zero attached hydrogens (tertiary/aromatic N) is 4. The molecule has 0 atom stereocenters. The lowest BCUT2D eigenvalue weighted by molar-refractivity contribution is 0.669. The van der Waals surface area contributed by atoms with Gasteiger partial charge in [-0.25, -0.2) is 19.9 Å². The topological polar surface area (TPSA) is 64.7 Å². The van der Waals surface area contributed by atoms with Crippen LogP contribution in [0.25, 0.3) is 111 Å². The summed E-state index contributed by atoms with van der Waals surface area (Å²) in [6.45, 7) is 0. The van der Waals surface area contributed by atoms with E-state index in [-0.39, 0.29) is 0 Å². The fourth-order valence-electron chi connectivity index (χ4n) is 7.83. The van der Waals surface area contributed by atoms with Crippen LogP contribution in [0.1, 0.15) is 0 Å². The van der Waals surface area contributed by atoms with Crippen molar-refractivity contribution in [1.29, 1.82) is 0 Å². The van der Waals surface area contributed by atoms with Gasteiger partial charge in [-0.1, -0.05) is 146 Å². The molecule has 246 valence electrons. The molecule has 0 aliphatic heterocycles. The second kappa shape index (κ2) is 11.7. The van der Waals surface area contributed by atoms with Gasteiger partial charge in [0.05, 0.1) is 5.52 Å². The summed E-state index contributed by atoms with van der Waals surface area (Å²) in [7, 11) is 0. The van der Waals surface area contributed by atoms with Crippen molar-refractivity contribution in [2.75, 3.05) is 0 Å². The average Bonchev–Trinajstić information content (AvgIpc) is 3.64. The fraction of sp³-hybridized carbons (Fsp3) is 0. The summed E-state index contributed by atoms with van der Waals surface area (Å²) in [5.41, 5.74) is 6.92. The van der Waals surface area contributed by atoms with E-state index in [1.54, 1.807) is 0 Å². The molecular weight excluding hydrogens is 649 g/mol. The molecule has 0 bridgehead atoms. The van der Waals surface area contributed by atoms with Crippen LogP contribution in [0.15, 0.2) is 174 Å². The zero-order valence-electron chi connectivity index (χ0n) is 28.4. The largest absolute Gasteiger partial charge is 0.454 e. The molecule has 3 heterocycles. The van der Waals surface area contributed by atoms with E-state index in [1.807, 2.05) is 60.7 Å². The third-order valence-electron chi connectivity index (χ3n) is 10.3. The van der Waals surface area contributed by atoms with Crippen molar-refractivity contribution in [2.24, 2.45) is 0 Å². The second-order valence-corrected chi connectivity index (χ2v) is 13.4. The lowest BCUT2D eigenvalue weighted by atomic mass is 9.93. The number of hydrogen-bond donors (Lipinski definition) is 0. The maximum absolute atomic E-state index is 6.53. The van der Waals surface area contributed by atoms with Crippen LogP contribution in [-0.2, 0) is 0 Å². The van der Waals surface area contributed by atoms with Crippen LogP contribution in [0, 0.1) is 0 Å². The van der Waals surface area contributed by atoms with Gasteiger partial charge in [0.2, 0.25) is 0 Å². The number of pyridine rings is 1. The van der Waals surface area contributed by atoms with E-state index in [4.69, 9.17) is 24.4 Å². The molecule has 0 spiro atoms. The highest BCUT2D eigenvalue weighted by atomic mass is 16.3. The molecule has 5 nitrogen and oxygen atoms in total. The van der Waals surface area contributed by atoms with E-state index in [1.165, 1.54) is 32.3 Å². The summed E-state index contributed by atoms with van der Waals surface area (Å²) in [4.78, 5) is 20.5. The minimum Gasteiger partial charge on any atom is -0.454 e. The molecule has 53 heavy (non-hydrogen) atoms. The molecular formula is C48H28N4O. The highest BCUT2D eigenvalue weighted by molar-refractivity contribution is 6.26. The first-order valence-corrected chi connectivity index (χ1v) is 17.7. The molecule has 0 amide bonds. The van der Waals surface area contributed by atoms with Gasteiger partial charge in [-0.3, -0.25) is 0 Å². The molecule has 0 saturated heterocycles. The van der Waals surface area contributed by atoms with Gasteiger partial charge in [-0.15, -0.1) is 0 Å². The molecule has 0 unspecified atom stereocenters. The number of aromatic nitrogens is 4. The number of para-hydroxylation sites is 2. The Kier molecular flexibility index (Phi) is 6.48. The molecule has 8 aromatic carbocycles. The summed E-state index contributed by atoms with van der Waals surface area (Å²) in [5, 5.41) is 10.5. The quantitative estimate of drug-likeness (QED) is 0.174. The van der Waals surface area contributed by atoms with E-state index < -0.39 is 0 Å². The van der Waals surface area contributed by atoms with Crippen LogP contribution in [0.2, 0.25) is 0 Å². The van der Waals surface area contributed by atoms with Crippen LogP contribution in [0.3, 0.4) is 0 Å². The predicted octanol–water partition coefficient (Wildman–Crippen LogP) is 12.4. The zero-order valence-corrected chi connectivity index (χ0v) is 28.4. The molecule has 0 radical (unpaired) electrons. The Balaban J connectivity index is 1.12. The maximum atomic E-state index is 6.53. The predicted molar refractivity (Wildman–Crippen MR) is 217 cm³/mol. The highest BCUT2D eigenvalue weighted by Gasteiger charge is 2.19. The molecule has 3 aromatic heterocycles. The van der Waals surface area contributed by atoms with Crippen LogP contribution in [0.4, 0.5) is 0 Å². The lowest BCUT2D eigenvalue weighted by Gasteiger charge is -2.13. The third kappa shape index (κ3) is 4.71. The van der Waals surface area contributed by atoms with Crippen molar-refractivity contribution in [2.45, 2.75) is 0 Å². The molecule has 0 aliphatic carbocycles. The molecule has 0 N–H and O–H groups in total. The molecule has 0 saturated carbocycles. The summed E-state index contributed by atoms with van der Waals surface area (Å²) in [6, 6.07) is 58.6. The zero-order chi connectivity index (χ0) is 34.9. The average molecular weight is 677 g/mol. The molecule has 11 rings (SSSR count). The molecule has 0 fully saturated rings. The van der Waals surface area contributed by atoms with Crippen molar-refractivity contribution in [3.8, 4) is 45.4 Å². The van der Waals surface area contributed by atoms with E-state index in [0.29, 0.717) is 17.5 Å². The van der Waals surface area contributed by atoms with Gasteiger partial charge < -0.3 is 4.42 Å². The van der Waals surface area contributed by atoms with Crippen LogP contribution in [0.5, 0.6) is 0 Å². The van der Waals surface area contributed by atoms with E-state index in [0.717, 1.165) is 60.8 Å². The molecule has 5 heteroatoms. The van der Waals surface area contributed by atoms with Crippen molar-refractivity contribution < 1.29 is 4.42 Å².